The van der Waals surface area contributed by atoms with Crippen molar-refractivity contribution in [2.45, 2.75) is 19.4 Å². The molecule has 1 atom stereocenters. The minimum Gasteiger partial charge on any atom is -0.355 e. The lowest BCUT2D eigenvalue weighted by Crippen LogP contribution is -2.41. The monoisotopic (exact) mass is 275 g/mol. The number of benzene rings is 1. The molecule has 1 aliphatic heterocycles. The Morgan fingerprint density at radius 2 is 1.80 bits per heavy atom. The molecule has 3 N–H and O–H groups in total. The van der Waals surface area contributed by atoms with Crippen molar-refractivity contribution in [1.82, 2.24) is 10.2 Å². The van der Waals surface area contributed by atoms with E-state index in [-0.39, 0.29) is 24.1 Å². The second-order valence-corrected chi connectivity index (χ2v) is 4.72. The predicted octanol–water partition coefficient (Wildman–Crippen LogP) is 0.136. The lowest BCUT2D eigenvalue weighted by Gasteiger charge is -2.21. The van der Waals surface area contributed by atoms with Crippen LogP contribution in [0.1, 0.15) is 34.1 Å². The summed E-state index contributed by atoms with van der Waals surface area (Å²) in [6, 6.07) is 6.19. The van der Waals surface area contributed by atoms with Crippen LogP contribution in [-0.4, -0.2) is 41.8 Å². The molecule has 2 rings (SSSR count). The Bertz CT molecular complexity index is 521. The summed E-state index contributed by atoms with van der Waals surface area (Å²) in [6.45, 7) is 2.42. The molecule has 20 heavy (non-hydrogen) atoms. The second kappa shape index (κ2) is 5.83. The number of imide groups is 1. The van der Waals surface area contributed by atoms with Crippen molar-refractivity contribution in [1.29, 1.82) is 0 Å². The molecule has 1 aromatic carbocycles. The van der Waals surface area contributed by atoms with E-state index in [0.29, 0.717) is 24.2 Å². The summed E-state index contributed by atoms with van der Waals surface area (Å²) in [4.78, 5) is 37.2. The van der Waals surface area contributed by atoms with Crippen LogP contribution in [0, 0.1) is 0 Å². The molecule has 0 saturated carbocycles. The summed E-state index contributed by atoms with van der Waals surface area (Å²) < 4.78 is 0. The fraction of sp³-hybridized carbons (Fsp3) is 0.357. The fourth-order valence-corrected chi connectivity index (χ4v) is 2.25. The average molecular weight is 275 g/mol. The average Bonchev–Trinajstić information content (AvgIpc) is 2.69. The highest BCUT2D eigenvalue weighted by molar-refractivity contribution is 6.21. The highest BCUT2D eigenvalue weighted by Gasteiger charge is 2.38. The van der Waals surface area contributed by atoms with Gasteiger partial charge >= 0.3 is 0 Å². The van der Waals surface area contributed by atoms with E-state index in [2.05, 4.69) is 5.32 Å². The molecule has 0 aromatic heterocycles. The maximum Gasteiger partial charge on any atom is 0.261 e. The third-order valence-corrected chi connectivity index (χ3v) is 3.21. The summed E-state index contributed by atoms with van der Waals surface area (Å²) in [6.07, 6.45) is 0.0749. The van der Waals surface area contributed by atoms with E-state index in [9.17, 15) is 14.4 Å². The molecule has 6 heteroatoms. The number of nitrogens with two attached hydrogens (primary N) is 1. The standard InChI is InChI=1S/C14H17N3O3/c1-9(8-12(18)16-7-6-15)17-13(19)10-4-2-3-5-11(10)14(17)20/h2-5,9H,6-8,15H2,1H3,(H,16,18). The van der Waals surface area contributed by atoms with Crippen molar-refractivity contribution >= 4 is 17.7 Å². The first-order chi connectivity index (χ1) is 9.56. The number of carbonyl (C=O) groups excluding carboxylic acids is 3. The van der Waals surface area contributed by atoms with Crippen LogP contribution in [0.3, 0.4) is 0 Å². The molecule has 1 heterocycles. The highest BCUT2D eigenvalue weighted by Crippen LogP contribution is 2.25. The smallest absolute Gasteiger partial charge is 0.261 e. The maximum absolute atomic E-state index is 12.2. The Morgan fingerprint density at radius 1 is 1.25 bits per heavy atom. The van der Waals surface area contributed by atoms with Crippen molar-refractivity contribution in [3.8, 4) is 0 Å². The quantitative estimate of drug-likeness (QED) is 0.747. The molecule has 6 nitrogen and oxygen atoms in total. The van der Waals surface area contributed by atoms with Crippen LogP contribution in [0.2, 0.25) is 0 Å². The molecule has 0 bridgehead atoms. The molecule has 0 saturated heterocycles. The van der Waals surface area contributed by atoms with E-state index >= 15 is 0 Å². The highest BCUT2D eigenvalue weighted by atomic mass is 16.2. The van der Waals surface area contributed by atoms with Crippen molar-refractivity contribution in [2.24, 2.45) is 5.73 Å². The summed E-state index contributed by atoms with van der Waals surface area (Å²) in [7, 11) is 0. The molecule has 0 aliphatic carbocycles. The van der Waals surface area contributed by atoms with Gasteiger partial charge in [-0.25, -0.2) is 0 Å². The van der Waals surface area contributed by atoms with Gasteiger partial charge in [0.25, 0.3) is 11.8 Å². The van der Waals surface area contributed by atoms with Gasteiger partial charge in [-0.15, -0.1) is 0 Å². The van der Waals surface area contributed by atoms with Gasteiger partial charge in [0.15, 0.2) is 0 Å². The van der Waals surface area contributed by atoms with Gasteiger partial charge in [-0.05, 0) is 19.1 Å². The van der Waals surface area contributed by atoms with E-state index < -0.39 is 6.04 Å². The van der Waals surface area contributed by atoms with E-state index in [1.807, 2.05) is 0 Å². The Morgan fingerprint density at radius 3 is 2.30 bits per heavy atom. The third-order valence-electron chi connectivity index (χ3n) is 3.21. The van der Waals surface area contributed by atoms with Crippen molar-refractivity contribution in [3.63, 3.8) is 0 Å². The molecule has 3 amide bonds. The van der Waals surface area contributed by atoms with Crippen molar-refractivity contribution in [2.75, 3.05) is 13.1 Å². The number of rotatable bonds is 5. The van der Waals surface area contributed by atoms with Crippen LogP contribution >= 0.6 is 0 Å². The van der Waals surface area contributed by atoms with Crippen LogP contribution < -0.4 is 11.1 Å². The van der Waals surface area contributed by atoms with Crippen LogP contribution in [0.4, 0.5) is 0 Å². The topological polar surface area (TPSA) is 92.5 Å². The number of nitrogens with one attached hydrogen (secondary N) is 1. The second-order valence-electron chi connectivity index (χ2n) is 4.72. The fourth-order valence-electron chi connectivity index (χ4n) is 2.25. The number of nitrogens with zero attached hydrogens (tertiary/aromatic N) is 1. The summed E-state index contributed by atoms with van der Waals surface area (Å²) in [5, 5.41) is 2.62. The number of fused-ring (bicyclic) bond motifs is 1. The van der Waals surface area contributed by atoms with Crippen LogP contribution in [0.5, 0.6) is 0 Å². The zero-order valence-corrected chi connectivity index (χ0v) is 11.3. The van der Waals surface area contributed by atoms with Crippen LogP contribution in [-0.2, 0) is 4.79 Å². The first kappa shape index (κ1) is 14.2. The van der Waals surface area contributed by atoms with Crippen LogP contribution in [0.15, 0.2) is 24.3 Å². The largest absolute Gasteiger partial charge is 0.355 e. The lowest BCUT2D eigenvalue weighted by atomic mass is 10.1. The Kier molecular flexibility index (Phi) is 4.14. The normalized spacial score (nSPS) is 15.2. The van der Waals surface area contributed by atoms with E-state index in [1.54, 1.807) is 31.2 Å². The van der Waals surface area contributed by atoms with Crippen LogP contribution in [0.25, 0.3) is 0 Å². The maximum atomic E-state index is 12.2. The first-order valence-corrected chi connectivity index (χ1v) is 6.50. The first-order valence-electron chi connectivity index (χ1n) is 6.50. The molecule has 1 aliphatic rings. The van der Waals surface area contributed by atoms with Crippen molar-refractivity contribution < 1.29 is 14.4 Å². The van der Waals surface area contributed by atoms with Gasteiger partial charge < -0.3 is 11.1 Å². The van der Waals surface area contributed by atoms with Gasteiger partial charge in [0.05, 0.1) is 11.1 Å². The molecule has 0 radical (unpaired) electrons. The molecule has 106 valence electrons. The van der Waals surface area contributed by atoms with Gasteiger partial charge in [0, 0.05) is 25.6 Å². The summed E-state index contributed by atoms with van der Waals surface area (Å²) >= 11 is 0. The SMILES string of the molecule is CC(CC(=O)NCCN)N1C(=O)c2ccccc2C1=O. The molecule has 0 spiro atoms. The molecule has 1 unspecified atom stereocenters. The molecule has 1 aromatic rings. The number of carbonyl (C=O) groups is 3. The van der Waals surface area contributed by atoms with Crippen molar-refractivity contribution in [3.05, 3.63) is 35.4 Å². The summed E-state index contributed by atoms with van der Waals surface area (Å²) in [5.74, 6) is -0.908. The minimum absolute atomic E-state index is 0.0749. The number of amides is 3. The molecular formula is C14H17N3O3. The zero-order chi connectivity index (χ0) is 14.7. The Balaban J connectivity index is 2.09. The van der Waals surface area contributed by atoms with Gasteiger partial charge in [-0.3, -0.25) is 19.3 Å². The van der Waals surface area contributed by atoms with Gasteiger partial charge in [0.1, 0.15) is 0 Å². The van der Waals surface area contributed by atoms with Gasteiger partial charge in [-0.2, -0.15) is 0 Å². The molecular weight excluding hydrogens is 258 g/mol. The van der Waals surface area contributed by atoms with E-state index in [1.165, 1.54) is 0 Å². The number of hydrogen-bond acceptors (Lipinski definition) is 4. The van der Waals surface area contributed by atoms with E-state index in [4.69, 9.17) is 5.73 Å². The predicted molar refractivity (Wildman–Crippen MR) is 73.1 cm³/mol. The van der Waals surface area contributed by atoms with Gasteiger partial charge in [-0.1, -0.05) is 12.1 Å². The Labute approximate surface area is 116 Å². The summed E-state index contributed by atoms with van der Waals surface area (Å²) in [5.41, 5.74) is 6.09. The third kappa shape index (κ3) is 2.55. The Hall–Kier alpha value is -2.21. The minimum atomic E-state index is -0.486. The van der Waals surface area contributed by atoms with Gasteiger partial charge in [0.2, 0.25) is 5.91 Å². The van der Waals surface area contributed by atoms with E-state index in [0.717, 1.165) is 4.90 Å². The lowest BCUT2D eigenvalue weighted by molar-refractivity contribution is -0.121. The molecule has 0 fully saturated rings. The number of hydrogen-bond donors (Lipinski definition) is 2. The zero-order valence-electron chi connectivity index (χ0n) is 11.3.